The number of carbonyl (C=O) groups excluding carboxylic acids is 6. The molecule has 10 heterocycles. The SMILES string of the molecule is CC(=O)N[C@@H]1[C@@H](O)[C@H](O[C@@H]2O[C@H](CO)[C@@H](O[C@@H]3O[C@H](CO[C@H]4O[C@H](CO)[C@@H](O)[C@H](O)[C@@H]4O[C@@H]4O[C@H](CO)[C@@H](O)[C@H](O)[C@H]4NC(C)=O)[C@@H](O[C@@H]4O[C@H](CO)[C@@H](O)[C@H](O)[C@H]4NC(C)=O)[C@H](O[C@H]4O[C@H](CO)[C@@H](O)[C@H](O)[C@@H]4O[C@@H]4O[C@H](CO)[C@@H](O[C@@H]5O[C@H](CO)[C@H](OS(=O)(=O)O)[C@H](O)[C@H]5NC(C)=O)[C@H](O)[C@H]4NC(C)=O)[C@@H]3O)[C@H](O)[C@H]2NC(C)=O)[C@@H](CO[C@@H]2O[C@@H](C)[C@@H](O)[C@@H](O)[C@@H]2O)O[C@H]1O. The number of aliphatic hydroxyl groups excluding tert-OH is 24. The Hall–Kier alpha value is -5.03. The second-order valence-corrected chi connectivity index (χ2v) is 34.0. The molecule has 50 atom stereocenters. The molecule has 0 aromatic rings. The molecule has 10 aliphatic heterocycles. The summed E-state index contributed by atoms with van der Waals surface area (Å²) in [5, 5.41) is 288. The second-order valence-electron chi connectivity index (χ2n) is 33.0. The van der Waals surface area contributed by atoms with Gasteiger partial charge < -0.3 is 244 Å². The Morgan fingerprint density at radius 1 is 0.250 bits per heavy atom. The Morgan fingerprint density at radius 2 is 0.523 bits per heavy atom. The van der Waals surface area contributed by atoms with E-state index in [9.17, 15) is 164 Å². The maximum atomic E-state index is 13.5. The zero-order valence-corrected chi connectivity index (χ0v) is 72.1. The van der Waals surface area contributed by atoms with Gasteiger partial charge in [0.1, 0.15) is 238 Å². The number of aliphatic hydroxyl groups is 24. The van der Waals surface area contributed by atoms with Crippen LogP contribution in [0.2, 0.25) is 0 Å². The normalized spacial score (nSPS) is 46.8. The molecule has 132 heavy (non-hydrogen) atoms. The van der Waals surface area contributed by atoms with Crippen molar-refractivity contribution < 1.29 is 258 Å². The number of hydrogen-bond donors (Lipinski definition) is 31. The number of amides is 6. The van der Waals surface area contributed by atoms with Crippen LogP contribution in [0.1, 0.15) is 48.5 Å². The van der Waals surface area contributed by atoms with Crippen molar-refractivity contribution in [1.82, 2.24) is 31.9 Å². The van der Waals surface area contributed by atoms with E-state index in [1.54, 1.807) is 0 Å². The zero-order valence-electron chi connectivity index (χ0n) is 71.3. The molecule has 0 bridgehead atoms. The lowest BCUT2D eigenvalue weighted by atomic mass is 9.93. The second kappa shape index (κ2) is 47.3. The first-order valence-electron chi connectivity index (χ1n) is 41.6. The third-order valence-corrected chi connectivity index (χ3v) is 23.9. The van der Waals surface area contributed by atoms with Crippen molar-refractivity contribution in [3.63, 3.8) is 0 Å². The van der Waals surface area contributed by atoms with Crippen LogP contribution in [0.4, 0.5) is 0 Å². The number of hydrogen-bond acceptors (Lipinski definition) is 52. The van der Waals surface area contributed by atoms with E-state index >= 15 is 0 Å². The van der Waals surface area contributed by atoms with E-state index in [-0.39, 0.29) is 0 Å². The molecule has 6 amide bonds. The lowest BCUT2D eigenvalue weighted by Crippen LogP contribution is -2.72. The largest absolute Gasteiger partial charge is 0.397 e. The van der Waals surface area contributed by atoms with E-state index in [0.717, 1.165) is 41.5 Å². The summed E-state index contributed by atoms with van der Waals surface area (Å²) in [6, 6.07) is -12.0. The van der Waals surface area contributed by atoms with Crippen molar-refractivity contribution in [2.45, 2.75) is 355 Å². The average Bonchev–Trinajstić information content (AvgIpc) is 0.768. The van der Waals surface area contributed by atoms with Crippen molar-refractivity contribution in [2.75, 3.05) is 59.5 Å². The first-order valence-corrected chi connectivity index (χ1v) is 43.0. The van der Waals surface area contributed by atoms with E-state index < -0.39 is 412 Å². The van der Waals surface area contributed by atoms with Gasteiger partial charge in [0.05, 0.1) is 65.6 Å². The number of carbonyl (C=O) groups is 6. The van der Waals surface area contributed by atoms with E-state index in [4.69, 9.17) is 90.0 Å². The third-order valence-electron chi connectivity index (χ3n) is 23.4. The van der Waals surface area contributed by atoms with Gasteiger partial charge in [-0.15, -0.1) is 0 Å². The minimum absolute atomic E-state index is 0.858. The lowest BCUT2D eigenvalue weighted by Gasteiger charge is -2.52. The van der Waals surface area contributed by atoms with E-state index in [1.165, 1.54) is 6.92 Å². The minimum Gasteiger partial charge on any atom is -0.394 e. The summed E-state index contributed by atoms with van der Waals surface area (Å²) in [5.74, 6) is -5.93. The van der Waals surface area contributed by atoms with Gasteiger partial charge >= 0.3 is 10.4 Å². The molecule has 0 aliphatic carbocycles. The van der Waals surface area contributed by atoms with Gasteiger partial charge in [0.2, 0.25) is 35.4 Å². The highest BCUT2D eigenvalue weighted by Crippen LogP contribution is 2.42. The summed E-state index contributed by atoms with van der Waals surface area (Å²) >= 11 is 0. The van der Waals surface area contributed by atoms with Crippen molar-refractivity contribution in [3.8, 4) is 0 Å². The topological polar surface area (TPSA) is 899 Å². The fourth-order valence-corrected chi connectivity index (χ4v) is 17.4. The molecule has 762 valence electrons. The van der Waals surface area contributed by atoms with Crippen LogP contribution in [0.15, 0.2) is 0 Å². The summed E-state index contributed by atoms with van der Waals surface area (Å²) in [6.45, 7) is -4.18. The molecule has 60 heteroatoms. The Labute approximate surface area is 748 Å². The van der Waals surface area contributed by atoms with E-state index in [1.807, 2.05) is 0 Å². The van der Waals surface area contributed by atoms with Crippen molar-refractivity contribution in [2.24, 2.45) is 0 Å². The van der Waals surface area contributed by atoms with E-state index in [2.05, 4.69) is 36.1 Å². The fraction of sp³-hybridized carbons (Fsp3) is 0.917. The molecule has 10 aliphatic rings. The Balaban J connectivity index is 1.09. The number of nitrogens with one attached hydrogen (secondary N) is 6. The van der Waals surface area contributed by atoms with Gasteiger partial charge in [0, 0.05) is 41.5 Å². The molecule has 59 nitrogen and oxygen atoms in total. The summed E-state index contributed by atoms with van der Waals surface area (Å²) < 4.78 is 154. The van der Waals surface area contributed by atoms with Gasteiger partial charge in [-0.05, 0) is 6.92 Å². The summed E-state index contributed by atoms with van der Waals surface area (Å²) in [4.78, 5) is 78.0. The molecule has 0 aromatic heterocycles. The van der Waals surface area contributed by atoms with Crippen LogP contribution >= 0.6 is 0 Å². The van der Waals surface area contributed by atoms with Crippen LogP contribution in [0.25, 0.3) is 0 Å². The lowest BCUT2D eigenvalue weighted by molar-refractivity contribution is -0.408. The number of rotatable bonds is 35. The van der Waals surface area contributed by atoms with Crippen LogP contribution < -0.4 is 31.9 Å². The first-order chi connectivity index (χ1) is 62.1. The van der Waals surface area contributed by atoms with Crippen LogP contribution in [-0.4, -0.2) is 537 Å². The zero-order chi connectivity index (χ0) is 97.6. The molecular formula is C72H120N6O53S. The Morgan fingerprint density at radius 3 is 0.909 bits per heavy atom. The van der Waals surface area contributed by atoms with E-state index in [0.29, 0.717) is 0 Å². The highest BCUT2D eigenvalue weighted by Gasteiger charge is 2.63. The highest BCUT2D eigenvalue weighted by molar-refractivity contribution is 7.80. The molecule has 10 rings (SSSR count). The van der Waals surface area contributed by atoms with Crippen molar-refractivity contribution in [3.05, 3.63) is 0 Å². The molecular weight excluding hydrogens is 1830 g/mol. The van der Waals surface area contributed by atoms with Crippen LogP contribution in [0, 0.1) is 0 Å². The first kappa shape index (κ1) is 109. The van der Waals surface area contributed by atoms with Crippen molar-refractivity contribution >= 4 is 45.8 Å². The molecule has 0 radical (unpaired) electrons. The minimum atomic E-state index is -5.49. The quantitative estimate of drug-likeness (QED) is 0.0262. The Kier molecular flexibility index (Phi) is 39.0. The van der Waals surface area contributed by atoms with Gasteiger partial charge in [-0.2, -0.15) is 8.42 Å². The maximum absolute atomic E-state index is 13.5. The predicted octanol–water partition coefficient (Wildman–Crippen LogP) is -21.1. The summed E-state index contributed by atoms with van der Waals surface area (Å²) in [6.07, 6.45) is -96.5. The van der Waals surface area contributed by atoms with Gasteiger partial charge in [0.25, 0.3) is 0 Å². The summed E-state index contributed by atoms with van der Waals surface area (Å²) in [5.41, 5.74) is 0. The highest BCUT2D eigenvalue weighted by atomic mass is 32.3. The predicted molar refractivity (Wildman–Crippen MR) is 408 cm³/mol. The number of ether oxygens (including phenoxy) is 19. The molecule has 0 spiro atoms. The Bertz CT molecular complexity index is 3840. The smallest absolute Gasteiger partial charge is 0.394 e. The van der Waals surface area contributed by atoms with Gasteiger partial charge in [-0.3, -0.25) is 33.3 Å². The fourth-order valence-electron chi connectivity index (χ4n) is 16.8. The molecule has 31 N–H and O–H groups in total. The molecule has 10 saturated heterocycles. The van der Waals surface area contributed by atoms with Gasteiger partial charge in [-0.1, -0.05) is 0 Å². The summed E-state index contributed by atoms with van der Waals surface area (Å²) in [7, 11) is -5.49. The third kappa shape index (κ3) is 25.2. The molecule has 0 unspecified atom stereocenters. The van der Waals surface area contributed by atoms with Gasteiger partial charge in [0.15, 0.2) is 62.9 Å². The monoisotopic (exact) mass is 1950 g/mol. The average molecular weight is 1950 g/mol. The molecule has 10 fully saturated rings. The maximum Gasteiger partial charge on any atom is 0.397 e. The van der Waals surface area contributed by atoms with Crippen molar-refractivity contribution in [1.29, 1.82) is 0 Å². The van der Waals surface area contributed by atoms with Crippen LogP contribution in [0.3, 0.4) is 0 Å². The van der Waals surface area contributed by atoms with Crippen LogP contribution in [-0.2, 0) is 133 Å². The standard InChI is InChI=1S/C72H120N6O53S/c1-17-39(92)50(103)53(106)69(114-17)112-15-31-57(46(99)33(63(108)115-31)73-18(2)86)125-66-36(76-21(5)89)48(101)56(29(13-84)120-66)126-70-54(107)60(128-72-62(52(105)43(96)27(11-82)119-72)130-68-37(77-22(6)90)47(100)55(28(12-83)121-68)124-67-38(78-23(7)91)49(102)58(30(14-85)122-67)131-132(109,110)111)59(127-64-34(74-19(3)87)44(97)40(93)24(8-79)116-64)32(123-70)16-113-71-61(51(104)42(95)26(10-81)118-71)129-65-35(75-20(4)88)45(98)41(94)25(9-80)117-65/h17,24-72,79-85,92-108H,8-16H2,1-7H3,(H,73,86)(H,74,87)(H,75,88)(H,76,89)(H,77,90)(H,78,91)(H,109,110,111)/t17-,24+,25+,26+,27+,28+,29+,30+,31+,32+,33+,34+,35+,36+,37+,38+,39+,40+,41+,42+,43+,44+,45+,46+,47+,48+,49+,50+,51-,52-,53-,54-,55+,56+,57+,58-,59+,60+,61-,62-,63+,64-,65-,66-,67-,68-,69+,70-,71-,72+/m0/s1. The van der Waals surface area contributed by atoms with Gasteiger partial charge in [-0.25, -0.2) is 4.18 Å². The molecule has 0 saturated carbocycles. The molecule has 0 aromatic carbocycles. The van der Waals surface area contributed by atoms with Crippen LogP contribution in [0.5, 0.6) is 0 Å².